The van der Waals surface area contributed by atoms with Gasteiger partial charge >= 0.3 is 0 Å². The van der Waals surface area contributed by atoms with Crippen LogP contribution in [0.2, 0.25) is 0 Å². The molecular formula is C17H23F2N3O4S. The normalized spacial score (nSPS) is 25.6. The summed E-state index contributed by atoms with van der Waals surface area (Å²) in [4.78, 5) is 13.9. The van der Waals surface area contributed by atoms with Gasteiger partial charge in [-0.15, -0.1) is 0 Å². The number of ether oxygens (including phenoxy) is 1. The number of amides is 1. The zero-order valence-electron chi connectivity index (χ0n) is 15.3. The molecule has 2 heterocycles. The summed E-state index contributed by atoms with van der Waals surface area (Å²) in [6.45, 7) is 4.92. The molecule has 2 atom stereocenters. The Bertz CT molecular complexity index is 802. The van der Waals surface area contributed by atoms with Gasteiger partial charge in [-0.2, -0.15) is 17.0 Å². The smallest absolute Gasteiger partial charge is 0.282 e. The van der Waals surface area contributed by atoms with Crippen LogP contribution in [0.25, 0.3) is 0 Å². The van der Waals surface area contributed by atoms with Crippen molar-refractivity contribution in [2.75, 3.05) is 39.3 Å². The van der Waals surface area contributed by atoms with Gasteiger partial charge in [-0.25, -0.2) is 8.78 Å². The molecule has 150 valence electrons. The maximum absolute atomic E-state index is 13.3. The van der Waals surface area contributed by atoms with E-state index >= 15 is 0 Å². The van der Waals surface area contributed by atoms with Crippen LogP contribution in [0.3, 0.4) is 0 Å². The number of nitrogens with zero attached hydrogens (tertiary/aromatic N) is 3. The van der Waals surface area contributed by atoms with Gasteiger partial charge in [0, 0.05) is 44.8 Å². The molecular weight excluding hydrogens is 380 g/mol. The molecule has 3 rings (SSSR count). The number of carbonyl (C=O) groups is 1. The minimum atomic E-state index is -3.64. The maximum Gasteiger partial charge on any atom is 0.282 e. The first kappa shape index (κ1) is 20.1. The summed E-state index contributed by atoms with van der Waals surface area (Å²) < 4.78 is 60.4. The average Bonchev–Trinajstić information content (AvgIpc) is 2.62. The van der Waals surface area contributed by atoms with Crippen molar-refractivity contribution < 1.29 is 26.7 Å². The molecule has 0 unspecified atom stereocenters. The molecule has 2 aliphatic heterocycles. The fraction of sp³-hybridized carbons (Fsp3) is 0.588. The van der Waals surface area contributed by atoms with E-state index in [0.29, 0.717) is 13.1 Å². The van der Waals surface area contributed by atoms with Gasteiger partial charge in [-0.05, 0) is 32.0 Å². The van der Waals surface area contributed by atoms with E-state index in [4.69, 9.17) is 4.74 Å². The molecule has 0 aliphatic carbocycles. The summed E-state index contributed by atoms with van der Waals surface area (Å²) in [6, 6.07) is 2.99. The zero-order chi connectivity index (χ0) is 19.8. The number of morpholine rings is 1. The molecule has 10 heteroatoms. The van der Waals surface area contributed by atoms with Gasteiger partial charge < -0.3 is 9.64 Å². The fourth-order valence-corrected chi connectivity index (χ4v) is 5.16. The van der Waals surface area contributed by atoms with Crippen molar-refractivity contribution in [1.82, 2.24) is 13.5 Å². The molecule has 7 nitrogen and oxygen atoms in total. The van der Waals surface area contributed by atoms with Crippen LogP contribution in [0.1, 0.15) is 24.2 Å². The molecule has 1 amide bonds. The number of piperazine rings is 1. The quantitative estimate of drug-likeness (QED) is 0.757. The minimum absolute atomic E-state index is 0.0426. The van der Waals surface area contributed by atoms with E-state index in [1.807, 2.05) is 13.8 Å². The molecule has 0 spiro atoms. The lowest BCUT2D eigenvalue weighted by molar-refractivity contribution is -0.0457. The number of rotatable bonds is 3. The summed E-state index contributed by atoms with van der Waals surface area (Å²) in [5.41, 5.74) is 0.0426. The second-order valence-electron chi connectivity index (χ2n) is 6.90. The van der Waals surface area contributed by atoms with Crippen LogP contribution in [-0.4, -0.2) is 79.3 Å². The third-order valence-corrected chi connectivity index (χ3v) is 6.70. The number of hydrogen-bond donors (Lipinski definition) is 0. The van der Waals surface area contributed by atoms with Crippen molar-refractivity contribution in [3.8, 4) is 0 Å². The Balaban J connectivity index is 1.64. The highest BCUT2D eigenvalue weighted by Gasteiger charge is 2.37. The van der Waals surface area contributed by atoms with Crippen LogP contribution in [0, 0.1) is 11.6 Å². The zero-order valence-corrected chi connectivity index (χ0v) is 16.1. The topological polar surface area (TPSA) is 70.2 Å². The number of hydrogen-bond acceptors (Lipinski definition) is 4. The predicted octanol–water partition coefficient (Wildman–Crippen LogP) is 1.08. The first-order valence-corrected chi connectivity index (χ1v) is 10.2. The Labute approximate surface area is 157 Å². The largest absolute Gasteiger partial charge is 0.373 e. The molecule has 1 aromatic carbocycles. The highest BCUT2D eigenvalue weighted by atomic mass is 32.2. The summed E-state index contributed by atoms with van der Waals surface area (Å²) in [7, 11) is -3.64. The Hall–Kier alpha value is -1.62. The Morgan fingerprint density at radius 2 is 1.59 bits per heavy atom. The molecule has 0 radical (unpaired) electrons. The second kappa shape index (κ2) is 7.78. The third kappa shape index (κ3) is 4.29. The van der Waals surface area contributed by atoms with Crippen molar-refractivity contribution in [1.29, 1.82) is 0 Å². The standard InChI is InChI=1S/C17H23F2N3O4S/c1-12-10-22(11-13(2)26-12)27(24,25)21-7-5-20(6-8-21)17(23)14-3-4-15(18)16(19)9-14/h3-4,9,12-13H,5-8,10-11H2,1-2H3/t12-,13-/m1/s1. The fourth-order valence-electron chi connectivity index (χ4n) is 3.42. The van der Waals surface area contributed by atoms with Gasteiger partial charge in [-0.3, -0.25) is 4.79 Å². The molecule has 0 aromatic heterocycles. The molecule has 2 saturated heterocycles. The van der Waals surface area contributed by atoms with Gasteiger partial charge in [0.25, 0.3) is 16.1 Å². The molecule has 0 N–H and O–H groups in total. The van der Waals surface area contributed by atoms with Crippen molar-refractivity contribution in [2.45, 2.75) is 26.1 Å². The van der Waals surface area contributed by atoms with Crippen LogP contribution in [0.15, 0.2) is 18.2 Å². The van der Waals surface area contributed by atoms with E-state index < -0.39 is 27.8 Å². The lowest BCUT2D eigenvalue weighted by atomic mass is 10.1. The molecule has 0 saturated carbocycles. The van der Waals surface area contributed by atoms with Gasteiger partial charge in [-0.1, -0.05) is 0 Å². The Kier molecular flexibility index (Phi) is 5.80. The van der Waals surface area contributed by atoms with Crippen molar-refractivity contribution in [3.05, 3.63) is 35.4 Å². The van der Waals surface area contributed by atoms with Crippen molar-refractivity contribution >= 4 is 16.1 Å². The van der Waals surface area contributed by atoms with E-state index in [0.717, 1.165) is 12.1 Å². The first-order chi connectivity index (χ1) is 12.7. The minimum Gasteiger partial charge on any atom is -0.373 e. The second-order valence-corrected chi connectivity index (χ2v) is 8.83. The van der Waals surface area contributed by atoms with Crippen LogP contribution in [-0.2, 0) is 14.9 Å². The predicted molar refractivity (Wildman–Crippen MR) is 94.3 cm³/mol. The highest BCUT2D eigenvalue weighted by molar-refractivity contribution is 7.86. The van der Waals surface area contributed by atoms with Crippen LogP contribution >= 0.6 is 0 Å². The van der Waals surface area contributed by atoms with E-state index in [9.17, 15) is 22.0 Å². The summed E-state index contributed by atoms with van der Waals surface area (Å²) in [5.74, 6) is -2.55. The summed E-state index contributed by atoms with van der Waals surface area (Å²) in [6.07, 6.45) is -0.362. The summed E-state index contributed by atoms with van der Waals surface area (Å²) >= 11 is 0. The van der Waals surface area contributed by atoms with Gasteiger partial charge in [0.15, 0.2) is 11.6 Å². The number of halogens is 2. The monoisotopic (exact) mass is 403 g/mol. The molecule has 0 bridgehead atoms. The molecule has 2 fully saturated rings. The Morgan fingerprint density at radius 1 is 1.00 bits per heavy atom. The lowest BCUT2D eigenvalue weighted by Crippen LogP contribution is -2.57. The average molecular weight is 403 g/mol. The number of benzene rings is 1. The lowest BCUT2D eigenvalue weighted by Gasteiger charge is -2.40. The first-order valence-electron chi connectivity index (χ1n) is 8.83. The van der Waals surface area contributed by atoms with E-state index in [1.165, 1.54) is 19.6 Å². The van der Waals surface area contributed by atoms with Crippen molar-refractivity contribution in [2.24, 2.45) is 0 Å². The Morgan fingerprint density at radius 3 is 2.15 bits per heavy atom. The van der Waals surface area contributed by atoms with E-state index in [1.54, 1.807) is 0 Å². The summed E-state index contributed by atoms with van der Waals surface area (Å²) in [5, 5.41) is 0. The maximum atomic E-state index is 13.3. The molecule has 27 heavy (non-hydrogen) atoms. The number of carbonyl (C=O) groups excluding carboxylic acids is 1. The van der Waals surface area contributed by atoms with Gasteiger partial charge in [0.1, 0.15) is 0 Å². The van der Waals surface area contributed by atoms with Gasteiger partial charge in [0.2, 0.25) is 0 Å². The van der Waals surface area contributed by atoms with Crippen LogP contribution in [0.4, 0.5) is 8.78 Å². The van der Waals surface area contributed by atoms with E-state index in [-0.39, 0.29) is 44.0 Å². The van der Waals surface area contributed by atoms with Crippen LogP contribution in [0.5, 0.6) is 0 Å². The molecule has 2 aliphatic rings. The third-order valence-electron chi connectivity index (χ3n) is 4.73. The molecule has 1 aromatic rings. The van der Waals surface area contributed by atoms with E-state index in [2.05, 4.69) is 0 Å². The van der Waals surface area contributed by atoms with Gasteiger partial charge in [0.05, 0.1) is 12.2 Å². The highest BCUT2D eigenvalue weighted by Crippen LogP contribution is 2.20. The van der Waals surface area contributed by atoms with Crippen molar-refractivity contribution in [3.63, 3.8) is 0 Å². The SMILES string of the molecule is C[C@@H]1CN(S(=O)(=O)N2CCN(C(=O)c3ccc(F)c(F)c3)CC2)C[C@@H](C)O1. The van der Waals surface area contributed by atoms with Crippen LogP contribution < -0.4 is 0 Å².